The average Bonchev–Trinajstić information content (AvgIpc) is 1.92. The van der Waals surface area contributed by atoms with Gasteiger partial charge >= 0.3 is 0 Å². The maximum Gasteiger partial charge on any atom is 0.0110 e. The van der Waals surface area contributed by atoms with Crippen molar-refractivity contribution in [3.63, 3.8) is 0 Å². The molecule has 3 aliphatic rings. The van der Waals surface area contributed by atoms with E-state index in [4.69, 9.17) is 0 Å². The molecule has 0 unspecified atom stereocenters. The Hall–Kier alpha value is -0.120. The van der Waals surface area contributed by atoms with Crippen molar-refractivity contribution in [2.24, 2.45) is 0 Å². The molecule has 0 amide bonds. The highest BCUT2D eigenvalue weighted by molar-refractivity contribution is 4.78. The number of fused-ring (bicyclic) bond motifs is 3. The van der Waals surface area contributed by atoms with Crippen LogP contribution in [0.5, 0.6) is 0 Å². The second-order valence-electron chi connectivity index (χ2n) is 2.68. The Labute approximate surface area is 55.6 Å². The second kappa shape index (κ2) is 2.64. The number of piperazine rings is 3. The van der Waals surface area contributed by atoms with Crippen molar-refractivity contribution in [1.82, 2.24) is 9.80 Å². The van der Waals surface area contributed by atoms with Crippen molar-refractivity contribution < 1.29 is 5.48 Å². The first kappa shape index (κ1) is 6.99. The number of nitrogens with zero attached hydrogens (tertiary/aromatic N) is 2. The molecule has 3 aliphatic heterocycles. The molecule has 2 N–H and O–H groups in total. The van der Waals surface area contributed by atoms with Crippen LogP contribution in [0.15, 0.2) is 0 Å². The molecule has 0 aromatic carbocycles. The van der Waals surface area contributed by atoms with Gasteiger partial charge < -0.3 is 5.48 Å². The highest BCUT2D eigenvalue weighted by Crippen LogP contribution is 2.06. The molecule has 3 rings (SSSR count). The monoisotopic (exact) mass is 130 g/mol. The molecule has 3 heterocycles. The van der Waals surface area contributed by atoms with Gasteiger partial charge in [-0.1, -0.05) is 0 Å². The summed E-state index contributed by atoms with van der Waals surface area (Å²) in [5.74, 6) is 0. The van der Waals surface area contributed by atoms with Crippen LogP contribution in [0.25, 0.3) is 0 Å². The van der Waals surface area contributed by atoms with Crippen LogP contribution in [0.4, 0.5) is 0 Å². The summed E-state index contributed by atoms with van der Waals surface area (Å²) in [7, 11) is 0. The summed E-state index contributed by atoms with van der Waals surface area (Å²) in [5.41, 5.74) is 0. The van der Waals surface area contributed by atoms with E-state index in [1.807, 2.05) is 0 Å². The predicted octanol–water partition coefficient (Wildman–Crippen LogP) is -1.21. The molecular formula is C6H14N2O. The van der Waals surface area contributed by atoms with Crippen LogP contribution in [0.2, 0.25) is 0 Å². The molecule has 0 aliphatic carbocycles. The molecule has 3 heteroatoms. The number of rotatable bonds is 0. The molecule has 54 valence electrons. The Morgan fingerprint density at radius 2 is 0.778 bits per heavy atom. The summed E-state index contributed by atoms with van der Waals surface area (Å²) in [6.45, 7) is 7.92. The lowest BCUT2D eigenvalue weighted by atomic mass is 10.2. The second-order valence-corrected chi connectivity index (χ2v) is 2.68. The quantitative estimate of drug-likeness (QED) is 0.413. The largest absolute Gasteiger partial charge is 0.412 e. The lowest BCUT2D eigenvalue weighted by Crippen LogP contribution is -2.55. The fourth-order valence-electron chi connectivity index (χ4n) is 1.52. The predicted molar refractivity (Wildman–Crippen MR) is 36.5 cm³/mol. The topological polar surface area (TPSA) is 38.0 Å². The molecule has 0 atom stereocenters. The minimum atomic E-state index is 0. The zero-order valence-electron chi connectivity index (χ0n) is 5.64. The fraction of sp³-hybridized carbons (Fsp3) is 1.00. The first-order valence-corrected chi connectivity index (χ1v) is 3.40. The zero-order chi connectivity index (χ0) is 5.40. The summed E-state index contributed by atoms with van der Waals surface area (Å²) < 4.78 is 0. The van der Waals surface area contributed by atoms with Crippen molar-refractivity contribution in [2.75, 3.05) is 39.3 Å². The maximum atomic E-state index is 2.54. The van der Waals surface area contributed by atoms with Crippen molar-refractivity contribution in [2.45, 2.75) is 0 Å². The van der Waals surface area contributed by atoms with Crippen LogP contribution in [0.1, 0.15) is 0 Å². The molecule has 9 heavy (non-hydrogen) atoms. The number of hydrogen-bond acceptors (Lipinski definition) is 2. The molecule has 0 radical (unpaired) electrons. The molecule has 0 saturated carbocycles. The third-order valence-electron chi connectivity index (χ3n) is 2.20. The van der Waals surface area contributed by atoms with Gasteiger partial charge in [-0.3, -0.25) is 9.80 Å². The van der Waals surface area contributed by atoms with E-state index in [1.165, 1.54) is 39.3 Å². The average molecular weight is 130 g/mol. The van der Waals surface area contributed by atoms with Crippen LogP contribution in [0.3, 0.4) is 0 Å². The van der Waals surface area contributed by atoms with Gasteiger partial charge in [-0.15, -0.1) is 0 Å². The molecular weight excluding hydrogens is 116 g/mol. The molecule has 0 aromatic heterocycles. The van der Waals surface area contributed by atoms with Crippen LogP contribution >= 0.6 is 0 Å². The first-order valence-electron chi connectivity index (χ1n) is 3.40. The van der Waals surface area contributed by atoms with E-state index in [9.17, 15) is 0 Å². The van der Waals surface area contributed by atoms with E-state index < -0.39 is 0 Å². The van der Waals surface area contributed by atoms with Gasteiger partial charge in [-0.2, -0.15) is 0 Å². The standard InChI is InChI=1S/C6H12N2.H2O/c1-2-8-5-3-7(1)4-6-8;/h1-6H2;1H2. The molecule has 3 fully saturated rings. The van der Waals surface area contributed by atoms with Gasteiger partial charge in [-0.05, 0) is 0 Å². The van der Waals surface area contributed by atoms with Crippen LogP contribution in [-0.2, 0) is 0 Å². The van der Waals surface area contributed by atoms with Crippen molar-refractivity contribution >= 4 is 0 Å². The molecule has 3 nitrogen and oxygen atoms in total. The fourth-order valence-corrected chi connectivity index (χ4v) is 1.52. The SMILES string of the molecule is C1CN2CCN1CC2.O. The summed E-state index contributed by atoms with van der Waals surface area (Å²) in [5, 5.41) is 0. The van der Waals surface area contributed by atoms with Gasteiger partial charge in [-0.25, -0.2) is 0 Å². The van der Waals surface area contributed by atoms with E-state index >= 15 is 0 Å². The molecule has 0 spiro atoms. The summed E-state index contributed by atoms with van der Waals surface area (Å²) in [6.07, 6.45) is 0. The lowest BCUT2D eigenvalue weighted by molar-refractivity contribution is 0.0647. The molecule has 3 saturated heterocycles. The third kappa shape index (κ3) is 1.23. The van der Waals surface area contributed by atoms with Crippen LogP contribution in [0, 0.1) is 0 Å². The first-order chi connectivity index (χ1) is 3.95. The van der Waals surface area contributed by atoms with Gasteiger partial charge in [0.1, 0.15) is 0 Å². The van der Waals surface area contributed by atoms with Gasteiger partial charge in [0, 0.05) is 39.3 Å². The highest BCUT2D eigenvalue weighted by Gasteiger charge is 2.21. The smallest absolute Gasteiger partial charge is 0.0110 e. The van der Waals surface area contributed by atoms with Gasteiger partial charge in [0.25, 0.3) is 0 Å². The Morgan fingerprint density at radius 3 is 0.889 bits per heavy atom. The summed E-state index contributed by atoms with van der Waals surface area (Å²) in [4.78, 5) is 5.08. The molecule has 2 bridgehead atoms. The van der Waals surface area contributed by atoms with E-state index in [2.05, 4.69) is 9.80 Å². The van der Waals surface area contributed by atoms with E-state index in [1.54, 1.807) is 0 Å². The van der Waals surface area contributed by atoms with E-state index in [0.29, 0.717) is 0 Å². The number of hydrogen-bond donors (Lipinski definition) is 0. The molecule has 0 aromatic rings. The highest BCUT2D eigenvalue weighted by atomic mass is 16.0. The minimum absolute atomic E-state index is 0. The third-order valence-corrected chi connectivity index (χ3v) is 2.20. The van der Waals surface area contributed by atoms with Gasteiger partial charge in [0.2, 0.25) is 0 Å². The van der Waals surface area contributed by atoms with Crippen molar-refractivity contribution in [3.8, 4) is 0 Å². The van der Waals surface area contributed by atoms with Crippen LogP contribution < -0.4 is 0 Å². The zero-order valence-corrected chi connectivity index (χ0v) is 5.64. The maximum absolute atomic E-state index is 2.54. The van der Waals surface area contributed by atoms with Gasteiger partial charge in [0.15, 0.2) is 0 Å². The Morgan fingerprint density at radius 1 is 0.556 bits per heavy atom. The Bertz CT molecular complexity index is 66.0. The van der Waals surface area contributed by atoms with Crippen molar-refractivity contribution in [1.29, 1.82) is 0 Å². The van der Waals surface area contributed by atoms with E-state index in [0.717, 1.165) is 0 Å². The Balaban J connectivity index is 0.000000405. The lowest BCUT2D eigenvalue weighted by Gasteiger charge is -2.41. The minimum Gasteiger partial charge on any atom is -0.412 e. The van der Waals surface area contributed by atoms with Crippen LogP contribution in [-0.4, -0.2) is 54.5 Å². The summed E-state index contributed by atoms with van der Waals surface area (Å²) in [6, 6.07) is 0. The van der Waals surface area contributed by atoms with Crippen molar-refractivity contribution in [3.05, 3.63) is 0 Å². The van der Waals surface area contributed by atoms with Gasteiger partial charge in [0.05, 0.1) is 0 Å². The van der Waals surface area contributed by atoms with E-state index in [-0.39, 0.29) is 5.48 Å². The Kier molecular flexibility index (Phi) is 2.05. The normalized spacial score (nSPS) is 40.0. The summed E-state index contributed by atoms with van der Waals surface area (Å²) >= 11 is 0.